The smallest absolute Gasteiger partial charge is 0.0555 e. The van der Waals surface area contributed by atoms with Crippen LogP contribution in [0.1, 0.15) is 46.5 Å². The van der Waals surface area contributed by atoms with Crippen LogP contribution < -0.4 is 5.32 Å². The van der Waals surface area contributed by atoms with E-state index < -0.39 is 0 Å². The Kier molecular flexibility index (Phi) is 3.13. The summed E-state index contributed by atoms with van der Waals surface area (Å²) in [5.74, 6) is 0. The molecule has 0 radical (unpaired) electrons. The Morgan fingerprint density at radius 2 is 2.08 bits per heavy atom. The minimum atomic E-state index is -0.0600. The van der Waals surface area contributed by atoms with Gasteiger partial charge in [-0.2, -0.15) is 0 Å². The number of hydrogen-bond acceptors (Lipinski definition) is 2. The normalized spacial score (nSPS) is 31.0. The van der Waals surface area contributed by atoms with Crippen molar-refractivity contribution in [1.82, 2.24) is 5.32 Å². The van der Waals surface area contributed by atoms with E-state index in [0.29, 0.717) is 6.04 Å². The highest BCUT2D eigenvalue weighted by Crippen LogP contribution is 2.21. The summed E-state index contributed by atoms with van der Waals surface area (Å²) in [5.41, 5.74) is 0.231. The van der Waals surface area contributed by atoms with Crippen LogP contribution in [0.15, 0.2) is 0 Å². The van der Waals surface area contributed by atoms with Gasteiger partial charge in [0.15, 0.2) is 0 Å². The maximum atomic E-state index is 9.33. The number of nitrogens with one attached hydrogen (secondary N) is 1. The first-order chi connectivity index (χ1) is 5.53. The fraction of sp³-hybridized carbons (Fsp3) is 1.00. The van der Waals surface area contributed by atoms with Gasteiger partial charge in [0.1, 0.15) is 0 Å². The summed E-state index contributed by atoms with van der Waals surface area (Å²) >= 11 is 0. The molecule has 1 saturated carbocycles. The van der Waals surface area contributed by atoms with E-state index >= 15 is 0 Å². The molecule has 0 unspecified atom stereocenters. The minimum Gasteiger partial charge on any atom is -0.393 e. The van der Waals surface area contributed by atoms with Gasteiger partial charge >= 0.3 is 0 Å². The predicted molar refractivity (Wildman–Crippen MR) is 51.2 cm³/mol. The molecule has 1 aliphatic rings. The Morgan fingerprint density at radius 1 is 1.42 bits per heavy atom. The average Bonchev–Trinajstić information content (AvgIpc) is 2.35. The summed E-state index contributed by atoms with van der Waals surface area (Å²) in [6.45, 7) is 6.63. The van der Waals surface area contributed by atoms with E-state index in [4.69, 9.17) is 0 Å². The quantitative estimate of drug-likeness (QED) is 0.677. The van der Waals surface area contributed by atoms with Gasteiger partial charge in [0.2, 0.25) is 0 Å². The highest BCUT2D eigenvalue weighted by Gasteiger charge is 2.26. The second-order valence-corrected chi connectivity index (χ2v) is 4.55. The van der Waals surface area contributed by atoms with Crippen molar-refractivity contribution in [2.45, 2.75) is 64.1 Å². The van der Waals surface area contributed by atoms with E-state index in [9.17, 15) is 5.11 Å². The van der Waals surface area contributed by atoms with Gasteiger partial charge in [-0.05, 0) is 39.5 Å². The molecule has 0 heterocycles. The van der Waals surface area contributed by atoms with E-state index in [1.54, 1.807) is 0 Å². The van der Waals surface area contributed by atoms with Crippen LogP contribution >= 0.6 is 0 Å². The molecule has 0 aromatic rings. The summed E-state index contributed by atoms with van der Waals surface area (Å²) in [6, 6.07) is 0.537. The third-order valence-electron chi connectivity index (χ3n) is 2.88. The van der Waals surface area contributed by atoms with Crippen LogP contribution in [0.2, 0.25) is 0 Å². The van der Waals surface area contributed by atoms with E-state index in [1.807, 2.05) is 0 Å². The first-order valence-electron chi connectivity index (χ1n) is 4.99. The third-order valence-corrected chi connectivity index (χ3v) is 2.88. The van der Waals surface area contributed by atoms with Crippen molar-refractivity contribution >= 4 is 0 Å². The van der Waals surface area contributed by atoms with Gasteiger partial charge in [0.25, 0.3) is 0 Å². The van der Waals surface area contributed by atoms with Gasteiger partial charge in [-0.1, -0.05) is 6.92 Å². The summed E-state index contributed by atoms with van der Waals surface area (Å²) in [6.07, 6.45) is 4.11. The molecular weight excluding hydrogens is 150 g/mol. The number of rotatable bonds is 3. The van der Waals surface area contributed by atoms with Gasteiger partial charge in [-0.25, -0.2) is 0 Å². The predicted octanol–water partition coefficient (Wildman–Crippen LogP) is 1.68. The first-order valence-corrected chi connectivity index (χ1v) is 4.99. The summed E-state index contributed by atoms with van der Waals surface area (Å²) < 4.78 is 0. The molecule has 0 aromatic carbocycles. The van der Waals surface area contributed by atoms with Crippen LogP contribution in [-0.2, 0) is 0 Å². The number of aliphatic hydroxyl groups is 1. The zero-order valence-corrected chi connectivity index (χ0v) is 8.43. The van der Waals surface area contributed by atoms with E-state index in [-0.39, 0.29) is 11.6 Å². The zero-order valence-electron chi connectivity index (χ0n) is 8.43. The van der Waals surface area contributed by atoms with E-state index in [0.717, 1.165) is 25.7 Å². The molecule has 2 atom stereocenters. The van der Waals surface area contributed by atoms with Gasteiger partial charge in [-0.3, -0.25) is 0 Å². The van der Waals surface area contributed by atoms with Gasteiger partial charge < -0.3 is 10.4 Å². The van der Waals surface area contributed by atoms with Crippen LogP contribution in [0.3, 0.4) is 0 Å². The Bertz CT molecular complexity index is 145. The topological polar surface area (TPSA) is 32.3 Å². The molecule has 0 saturated heterocycles. The van der Waals surface area contributed by atoms with Crippen molar-refractivity contribution < 1.29 is 5.11 Å². The molecule has 1 fully saturated rings. The van der Waals surface area contributed by atoms with Crippen molar-refractivity contribution in [3.8, 4) is 0 Å². The summed E-state index contributed by atoms with van der Waals surface area (Å²) in [5, 5.41) is 12.9. The largest absolute Gasteiger partial charge is 0.393 e. The lowest BCUT2D eigenvalue weighted by Gasteiger charge is -2.28. The Labute approximate surface area is 75.4 Å². The summed E-state index contributed by atoms with van der Waals surface area (Å²) in [7, 11) is 0. The second-order valence-electron chi connectivity index (χ2n) is 4.55. The SMILES string of the molecule is CCC(C)(C)N[C@H]1CC[C@H](O)C1. The maximum Gasteiger partial charge on any atom is 0.0555 e. The average molecular weight is 171 g/mol. The molecule has 0 aliphatic heterocycles. The summed E-state index contributed by atoms with van der Waals surface area (Å²) in [4.78, 5) is 0. The molecule has 1 rings (SSSR count). The third kappa shape index (κ3) is 2.76. The lowest BCUT2D eigenvalue weighted by molar-refractivity contribution is 0.176. The molecule has 2 N–H and O–H groups in total. The lowest BCUT2D eigenvalue weighted by Crippen LogP contribution is -2.44. The fourth-order valence-electron chi connectivity index (χ4n) is 1.74. The van der Waals surface area contributed by atoms with Gasteiger partial charge in [0.05, 0.1) is 6.10 Å². The monoisotopic (exact) mass is 171 g/mol. The van der Waals surface area contributed by atoms with Crippen LogP contribution in [0, 0.1) is 0 Å². The second kappa shape index (κ2) is 3.75. The van der Waals surface area contributed by atoms with Crippen molar-refractivity contribution in [2.24, 2.45) is 0 Å². The molecule has 72 valence electrons. The van der Waals surface area contributed by atoms with E-state index in [1.165, 1.54) is 0 Å². The Morgan fingerprint density at radius 3 is 2.50 bits per heavy atom. The van der Waals surface area contributed by atoms with Crippen LogP contribution in [0.5, 0.6) is 0 Å². The fourth-order valence-corrected chi connectivity index (χ4v) is 1.74. The molecule has 2 nitrogen and oxygen atoms in total. The highest BCUT2D eigenvalue weighted by atomic mass is 16.3. The molecule has 0 bridgehead atoms. The Hall–Kier alpha value is -0.0800. The molecule has 12 heavy (non-hydrogen) atoms. The Balaban J connectivity index is 2.32. The molecule has 0 spiro atoms. The maximum absolute atomic E-state index is 9.33. The molecule has 2 heteroatoms. The van der Waals surface area contributed by atoms with Crippen molar-refractivity contribution in [3.05, 3.63) is 0 Å². The van der Waals surface area contributed by atoms with Crippen molar-refractivity contribution in [1.29, 1.82) is 0 Å². The molecule has 0 aromatic heterocycles. The minimum absolute atomic E-state index is 0.0600. The van der Waals surface area contributed by atoms with Crippen LogP contribution in [-0.4, -0.2) is 22.8 Å². The standard InChI is InChI=1S/C10H21NO/c1-4-10(2,3)11-8-5-6-9(12)7-8/h8-9,11-12H,4-7H2,1-3H3/t8-,9-/m0/s1. The van der Waals surface area contributed by atoms with Gasteiger partial charge in [-0.15, -0.1) is 0 Å². The zero-order chi connectivity index (χ0) is 9.19. The van der Waals surface area contributed by atoms with Crippen molar-refractivity contribution in [3.63, 3.8) is 0 Å². The molecular formula is C10H21NO. The molecule has 1 aliphatic carbocycles. The van der Waals surface area contributed by atoms with Crippen LogP contribution in [0.4, 0.5) is 0 Å². The van der Waals surface area contributed by atoms with Gasteiger partial charge in [0, 0.05) is 11.6 Å². The van der Waals surface area contributed by atoms with E-state index in [2.05, 4.69) is 26.1 Å². The highest BCUT2D eigenvalue weighted by molar-refractivity contribution is 4.86. The lowest BCUT2D eigenvalue weighted by atomic mass is 10.00. The van der Waals surface area contributed by atoms with Crippen LogP contribution in [0.25, 0.3) is 0 Å². The van der Waals surface area contributed by atoms with Crippen molar-refractivity contribution in [2.75, 3.05) is 0 Å². The molecule has 0 amide bonds. The number of hydrogen-bond donors (Lipinski definition) is 2. The number of aliphatic hydroxyl groups excluding tert-OH is 1. The first kappa shape index (κ1) is 10.0.